The molecule has 10 bridgehead atoms. The van der Waals surface area contributed by atoms with E-state index in [2.05, 4.69) is 75.8 Å². The van der Waals surface area contributed by atoms with Crippen LogP contribution in [0.1, 0.15) is 156 Å². The highest BCUT2D eigenvalue weighted by Gasteiger charge is 2.48. The molecule has 16 nitrogen and oxygen atoms in total. The van der Waals surface area contributed by atoms with Crippen molar-refractivity contribution in [3.63, 3.8) is 0 Å². The number of allylic oxidation sites excluding steroid dienone is 4. The number of nitrogens with one attached hydrogen (secondary N) is 2. The van der Waals surface area contributed by atoms with Crippen LogP contribution in [0, 0.1) is 0 Å². The van der Waals surface area contributed by atoms with Crippen molar-refractivity contribution in [3.05, 3.63) is 118 Å². The average molecular weight is 1150 g/mol. The predicted molar refractivity (Wildman–Crippen MR) is 335 cm³/mol. The molecule has 8 aromatic rings. The Morgan fingerprint density at radius 3 is 0.884 bits per heavy atom. The van der Waals surface area contributed by atoms with Crippen LogP contribution in [0.4, 0.5) is 0 Å². The first-order chi connectivity index (χ1) is 41.6. The van der Waals surface area contributed by atoms with E-state index in [1.807, 2.05) is 90.1 Å². The van der Waals surface area contributed by atoms with Crippen LogP contribution in [0.15, 0.2) is 96.1 Å². The Bertz CT molecular complexity index is 4100. The summed E-state index contributed by atoms with van der Waals surface area (Å²) >= 11 is 0. The van der Waals surface area contributed by atoms with Gasteiger partial charge in [0, 0.05) is 66.8 Å². The van der Waals surface area contributed by atoms with Crippen molar-refractivity contribution in [2.24, 2.45) is 0 Å². The van der Waals surface area contributed by atoms with Gasteiger partial charge in [0.25, 0.3) is 0 Å². The number of H-pyrrole nitrogens is 2. The molecule has 86 heavy (non-hydrogen) atoms. The fourth-order valence-corrected chi connectivity index (χ4v) is 11.9. The standard InChI is InChI=1S/C70H72N8O8/c1-13-33(7)81-53-27-45-47(29-55(53)83-35(9)15-3)67-74-65(45)72-63-43-25-41-42(60-40-22-20-19-21-39(40)59(41)61-51(79)23-24-52(80)62(60)61)26-44(43)64(71-63)73-66-46-28-54(82-34(8)14-2)56(84-36(10)16-4)30-48(46)68(75-66)77-70-50-32-58(86-38(12)18-6)57(85-37(11)17-5)31-49(50)69(76-67)78-70/h19-38,59-60H,13-18H2,1-12H3,(H2,71,72,73,74,75,76,77,78)/t33?,34?,35?,36?,37?,38?,59-,60+. The average Bonchev–Trinajstić information content (AvgIpc) is 0.924. The van der Waals surface area contributed by atoms with E-state index in [1.54, 1.807) is 0 Å². The summed E-state index contributed by atoms with van der Waals surface area (Å²) in [7, 11) is 0. The normalized spacial score (nSPS) is 17.5. The number of aromatic nitrogens is 8. The van der Waals surface area contributed by atoms with Gasteiger partial charge in [0.05, 0.1) is 36.6 Å². The summed E-state index contributed by atoms with van der Waals surface area (Å²) in [6.45, 7) is 24.8. The topological polar surface area (TPSA) is 198 Å². The SMILES string of the molecule is CCC(C)Oc1cc2c(cc1OC(C)CC)-c1nc-2nc2[nH]c(nc3nc(nc4[nH]c(n1)c1cc5c(cc41)[C@H]1C4=C(C(=O)C=CC4=O)[C@@H]5c4ccccc41)-c1cc(OC(C)CC)c(OC(C)CC)cc1-3)c1cc(OC(C)CC)c(OC(C)CC)cc21. The maximum atomic E-state index is 14.1. The van der Waals surface area contributed by atoms with Gasteiger partial charge in [0.1, 0.15) is 22.6 Å². The first-order valence-corrected chi connectivity index (χ1v) is 30.7. The highest BCUT2D eigenvalue weighted by atomic mass is 16.5. The molecule has 5 aromatic carbocycles. The molecule has 14 rings (SSSR count). The van der Waals surface area contributed by atoms with Crippen LogP contribution in [0.2, 0.25) is 0 Å². The highest BCUT2D eigenvalue weighted by Crippen LogP contribution is 2.58. The van der Waals surface area contributed by atoms with Crippen molar-refractivity contribution in [2.75, 3.05) is 0 Å². The van der Waals surface area contributed by atoms with E-state index in [4.69, 9.17) is 58.3 Å². The third-order valence-electron chi connectivity index (χ3n) is 17.7. The molecular formula is C70H72N8O8. The Kier molecular flexibility index (Phi) is 14.5. The second-order valence-corrected chi connectivity index (χ2v) is 23.6. The van der Waals surface area contributed by atoms with Crippen LogP contribution in [-0.2, 0) is 9.59 Å². The number of carbonyl (C=O) groups excluding carboxylic acids is 2. The van der Waals surface area contributed by atoms with Crippen LogP contribution < -0.4 is 28.4 Å². The van der Waals surface area contributed by atoms with Gasteiger partial charge in [-0.15, -0.1) is 0 Å². The number of carbonyl (C=O) groups is 2. The molecule has 6 unspecified atom stereocenters. The Labute approximate surface area is 499 Å². The molecule has 3 aromatic heterocycles. The van der Waals surface area contributed by atoms with Gasteiger partial charge < -0.3 is 38.4 Å². The quantitative estimate of drug-likeness (QED) is 0.0769. The molecule has 5 heterocycles. The minimum Gasteiger partial charge on any atom is -0.487 e. The van der Waals surface area contributed by atoms with Crippen LogP contribution in [0.25, 0.3) is 89.7 Å². The second kappa shape index (κ2) is 22.2. The molecule has 8 atom stereocenters. The zero-order chi connectivity index (χ0) is 60.0. The van der Waals surface area contributed by atoms with Crippen molar-refractivity contribution in [2.45, 2.75) is 170 Å². The van der Waals surface area contributed by atoms with E-state index in [1.165, 1.54) is 12.2 Å². The lowest BCUT2D eigenvalue weighted by Gasteiger charge is -2.43. The molecule has 2 N–H and O–H groups in total. The zero-order valence-electron chi connectivity index (χ0n) is 50.9. The maximum absolute atomic E-state index is 14.1. The summed E-state index contributed by atoms with van der Waals surface area (Å²) < 4.78 is 40.1. The molecule has 4 aliphatic carbocycles. The molecular weight excluding hydrogens is 1080 g/mol. The van der Waals surface area contributed by atoms with Crippen molar-refractivity contribution in [1.82, 2.24) is 39.9 Å². The zero-order valence-corrected chi connectivity index (χ0v) is 50.9. The molecule has 6 aliphatic rings. The first-order valence-electron chi connectivity index (χ1n) is 30.7. The van der Waals surface area contributed by atoms with Crippen molar-refractivity contribution >= 4 is 55.7 Å². The Morgan fingerprint density at radius 1 is 0.360 bits per heavy atom. The summed E-state index contributed by atoms with van der Waals surface area (Å²) in [5, 5.41) is 2.87. The minimum absolute atomic E-state index is 0.125. The Hall–Kier alpha value is -8.92. The number of rotatable bonds is 18. The lowest BCUT2D eigenvalue weighted by Crippen LogP contribution is -2.35. The van der Waals surface area contributed by atoms with Crippen molar-refractivity contribution in [3.8, 4) is 80.0 Å². The summed E-state index contributed by atoms with van der Waals surface area (Å²) in [5.41, 5.74) is 9.40. The van der Waals surface area contributed by atoms with Gasteiger partial charge in [-0.2, -0.15) is 0 Å². The van der Waals surface area contributed by atoms with Gasteiger partial charge in [0.15, 0.2) is 69.4 Å². The number of hydrogen-bond donors (Lipinski definition) is 2. The number of hydrogen-bond acceptors (Lipinski definition) is 14. The van der Waals surface area contributed by atoms with E-state index < -0.39 is 11.8 Å². The largest absolute Gasteiger partial charge is 0.487 e. The molecule has 2 aliphatic heterocycles. The summed E-state index contributed by atoms with van der Waals surface area (Å²) in [5.74, 6) is 3.51. The third kappa shape index (κ3) is 9.61. The van der Waals surface area contributed by atoms with E-state index >= 15 is 0 Å². The summed E-state index contributed by atoms with van der Waals surface area (Å²) in [6, 6.07) is 24.2. The number of benzene rings is 5. The molecule has 16 heteroatoms. The van der Waals surface area contributed by atoms with Crippen molar-refractivity contribution < 1.29 is 38.0 Å². The smallest absolute Gasteiger partial charge is 0.183 e. The molecule has 440 valence electrons. The van der Waals surface area contributed by atoms with E-state index in [0.29, 0.717) is 125 Å². The minimum atomic E-state index is -0.501. The maximum Gasteiger partial charge on any atom is 0.183 e. The van der Waals surface area contributed by atoms with Gasteiger partial charge in [-0.1, -0.05) is 65.8 Å². The molecule has 0 saturated heterocycles. The fourth-order valence-electron chi connectivity index (χ4n) is 11.9. The summed E-state index contributed by atoms with van der Waals surface area (Å²) in [6.07, 6.45) is 6.62. The Morgan fingerprint density at radius 2 is 0.616 bits per heavy atom. The summed E-state index contributed by atoms with van der Waals surface area (Å²) in [4.78, 5) is 68.2. The van der Waals surface area contributed by atoms with Gasteiger partial charge >= 0.3 is 0 Å². The molecule has 0 radical (unpaired) electrons. The number of ketones is 2. The van der Waals surface area contributed by atoms with E-state index in [-0.39, 0.29) is 48.2 Å². The third-order valence-corrected chi connectivity index (χ3v) is 17.7. The second-order valence-electron chi connectivity index (χ2n) is 23.6. The van der Waals surface area contributed by atoms with Gasteiger partial charge in [0.2, 0.25) is 0 Å². The lowest BCUT2D eigenvalue weighted by atomic mass is 9.58. The molecule has 0 amide bonds. The van der Waals surface area contributed by atoms with Gasteiger partial charge in [-0.05, 0) is 163 Å². The first kappa shape index (κ1) is 56.2. The fraction of sp³-hybridized carbons (Fsp3) is 0.371. The molecule has 0 saturated carbocycles. The van der Waals surface area contributed by atoms with Crippen LogP contribution in [-0.4, -0.2) is 88.1 Å². The van der Waals surface area contributed by atoms with Gasteiger partial charge in [-0.3, -0.25) is 9.59 Å². The molecule has 0 spiro atoms. The van der Waals surface area contributed by atoms with E-state index in [0.717, 1.165) is 71.6 Å². The number of aromatic amines is 2. The van der Waals surface area contributed by atoms with E-state index in [9.17, 15) is 9.59 Å². The number of nitrogens with zero attached hydrogens (tertiary/aromatic N) is 6. The number of fused-ring (bicyclic) bond motifs is 20. The predicted octanol–water partition coefficient (Wildman–Crippen LogP) is 15.5. The van der Waals surface area contributed by atoms with Crippen LogP contribution >= 0.6 is 0 Å². The van der Waals surface area contributed by atoms with Gasteiger partial charge in [-0.25, -0.2) is 29.9 Å². The number of ether oxygens (including phenoxy) is 6. The highest BCUT2D eigenvalue weighted by molar-refractivity contribution is 6.23. The van der Waals surface area contributed by atoms with Crippen LogP contribution in [0.5, 0.6) is 34.5 Å². The monoisotopic (exact) mass is 1150 g/mol. The van der Waals surface area contributed by atoms with Crippen molar-refractivity contribution in [1.29, 1.82) is 0 Å². The lowest BCUT2D eigenvalue weighted by molar-refractivity contribution is -0.115. The van der Waals surface area contributed by atoms with Crippen LogP contribution in [0.3, 0.4) is 0 Å². The molecule has 0 fully saturated rings. The Balaban J connectivity index is 1.18.